The predicted molar refractivity (Wildman–Crippen MR) is 106 cm³/mol. The SMILES string of the molecule is Cc1ccccc1C1CC(C)N(C(=O)CC(C)C2CCCNC2)C1.Cl. The number of likely N-dealkylation sites (tertiary alicyclic amines) is 1. The maximum absolute atomic E-state index is 12.9. The first kappa shape index (κ1) is 20.3. The highest BCUT2D eigenvalue weighted by molar-refractivity contribution is 5.85. The Morgan fingerprint density at radius 3 is 2.80 bits per heavy atom. The van der Waals surface area contributed by atoms with E-state index in [1.807, 2.05) is 0 Å². The van der Waals surface area contributed by atoms with Crippen LogP contribution in [0.1, 0.15) is 56.6 Å². The van der Waals surface area contributed by atoms with Gasteiger partial charge in [0, 0.05) is 24.9 Å². The van der Waals surface area contributed by atoms with Gasteiger partial charge in [-0.2, -0.15) is 0 Å². The number of benzene rings is 1. The van der Waals surface area contributed by atoms with E-state index in [1.54, 1.807) is 0 Å². The van der Waals surface area contributed by atoms with Crippen molar-refractivity contribution in [1.29, 1.82) is 0 Å². The molecular formula is C21H33ClN2O. The summed E-state index contributed by atoms with van der Waals surface area (Å²) in [6, 6.07) is 8.99. The first-order valence-corrected chi connectivity index (χ1v) is 9.62. The molecular weight excluding hydrogens is 332 g/mol. The van der Waals surface area contributed by atoms with Crippen molar-refractivity contribution in [2.45, 2.75) is 58.4 Å². The Labute approximate surface area is 159 Å². The van der Waals surface area contributed by atoms with E-state index in [0.29, 0.717) is 36.1 Å². The summed E-state index contributed by atoms with van der Waals surface area (Å²) in [7, 11) is 0. The molecule has 0 spiro atoms. The number of rotatable bonds is 4. The summed E-state index contributed by atoms with van der Waals surface area (Å²) in [6.45, 7) is 9.76. The van der Waals surface area contributed by atoms with E-state index in [9.17, 15) is 4.79 Å². The monoisotopic (exact) mass is 364 g/mol. The van der Waals surface area contributed by atoms with Crippen LogP contribution in [-0.4, -0.2) is 36.5 Å². The van der Waals surface area contributed by atoms with Crippen molar-refractivity contribution < 1.29 is 4.79 Å². The van der Waals surface area contributed by atoms with Crippen molar-refractivity contribution in [2.24, 2.45) is 11.8 Å². The zero-order valence-corrected chi connectivity index (χ0v) is 16.6. The fourth-order valence-corrected chi connectivity index (χ4v) is 4.57. The highest BCUT2D eigenvalue weighted by Crippen LogP contribution is 2.34. The highest BCUT2D eigenvalue weighted by atomic mass is 35.5. The molecule has 1 aromatic carbocycles. The second-order valence-electron chi connectivity index (χ2n) is 7.97. The molecule has 3 rings (SSSR count). The van der Waals surface area contributed by atoms with Crippen LogP contribution in [0.25, 0.3) is 0 Å². The smallest absolute Gasteiger partial charge is 0.223 e. The molecule has 4 unspecified atom stereocenters. The Bertz CT molecular complexity index is 571. The lowest BCUT2D eigenvalue weighted by atomic mass is 9.85. The summed E-state index contributed by atoms with van der Waals surface area (Å²) in [5, 5.41) is 3.48. The average molecular weight is 365 g/mol. The van der Waals surface area contributed by atoms with Crippen molar-refractivity contribution in [3.63, 3.8) is 0 Å². The molecule has 0 saturated carbocycles. The highest BCUT2D eigenvalue weighted by Gasteiger charge is 2.34. The van der Waals surface area contributed by atoms with Crippen molar-refractivity contribution >= 4 is 18.3 Å². The van der Waals surface area contributed by atoms with E-state index in [0.717, 1.165) is 26.1 Å². The number of piperidine rings is 1. The third kappa shape index (κ3) is 4.77. The summed E-state index contributed by atoms with van der Waals surface area (Å²) in [6.07, 6.45) is 4.31. The molecule has 0 aromatic heterocycles. The van der Waals surface area contributed by atoms with Crippen molar-refractivity contribution in [1.82, 2.24) is 10.2 Å². The molecule has 4 atom stereocenters. The fourth-order valence-electron chi connectivity index (χ4n) is 4.57. The van der Waals surface area contributed by atoms with E-state index < -0.39 is 0 Å². The van der Waals surface area contributed by atoms with Crippen LogP contribution in [0.5, 0.6) is 0 Å². The summed E-state index contributed by atoms with van der Waals surface area (Å²) in [4.78, 5) is 15.0. The van der Waals surface area contributed by atoms with Gasteiger partial charge in [-0.15, -0.1) is 12.4 Å². The second-order valence-corrected chi connectivity index (χ2v) is 7.97. The maximum Gasteiger partial charge on any atom is 0.223 e. The van der Waals surface area contributed by atoms with Crippen LogP contribution >= 0.6 is 12.4 Å². The molecule has 140 valence electrons. The zero-order chi connectivity index (χ0) is 17.1. The zero-order valence-electron chi connectivity index (χ0n) is 15.8. The number of hydrogen-bond acceptors (Lipinski definition) is 2. The number of carbonyl (C=O) groups is 1. The minimum absolute atomic E-state index is 0. The molecule has 1 N–H and O–H groups in total. The first-order valence-electron chi connectivity index (χ1n) is 9.62. The van der Waals surface area contributed by atoms with Crippen LogP contribution in [-0.2, 0) is 4.79 Å². The van der Waals surface area contributed by atoms with Gasteiger partial charge in [-0.3, -0.25) is 4.79 Å². The number of nitrogens with one attached hydrogen (secondary N) is 1. The van der Waals surface area contributed by atoms with Crippen LogP contribution in [0.4, 0.5) is 0 Å². The Morgan fingerprint density at radius 2 is 2.12 bits per heavy atom. The molecule has 1 amide bonds. The summed E-state index contributed by atoms with van der Waals surface area (Å²) in [5.74, 6) is 2.00. The second kappa shape index (κ2) is 9.05. The quantitative estimate of drug-likeness (QED) is 0.870. The topological polar surface area (TPSA) is 32.3 Å². The standard InChI is InChI=1S/C21H32N2O.ClH/c1-15-7-4-5-9-20(15)19-12-17(3)23(14-19)21(24)11-16(2)18-8-6-10-22-13-18;/h4-5,7,9,16-19,22H,6,8,10-14H2,1-3H3;1H. The Morgan fingerprint density at radius 1 is 1.36 bits per heavy atom. The van der Waals surface area contributed by atoms with E-state index >= 15 is 0 Å². The number of halogens is 1. The molecule has 2 fully saturated rings. The molecule has 0 radical (unpaired) electrons. The maximum atomic E-state index is 12.9. The number of amides is 1. The van der Waals surface area contributed by atoms with Gasteiger partial charge in [0.05, 0.1) is 0 Å². The third-order valence-electron chi connectivity index (χ3n) is 6.16. The fraction of sp³-hybridized carbons (Fsp3) is 0.667. The van der Waals surface area contributed by atoms with Crippen molar-refractivity contribution in [2.75, 3.05) is 19.6 Å². The van der Waals surface area contributed by atoms with Crippen LogP contribution in [0, 0.1) is 18.8 Å². The third-order valence-corrected chi connectivity index (χ3v) is 6.16. The molecule has 2 aliphatic heterocycles. The van der Waals surface area contributed by atoms with Crippen LogP contribution in [0.2, 0.25) is 0 Å². The molecule has 0 bridgehead atoms. The van der Waals surface area contributed by atoms with E-state index in [2.05, 4.69) is 55.3 Å². The molecule has 4 heteroatoms. The largest absolute Gasteiger partial charge is 0.339 e. The van der Waals surface area contributed by atoms with E-state index in [-0.39, 0.29) is 12.4 Å². The van der Waals surface area contributed by atoms with Crippen molar-refractivity contribution in [3.05, 3.63) is 35.4 Å². The van der Waals surface area contributed by atoms with Gasteiger partial charge in [0.2, 0.25) is 5.91 Å². The molecule has 0 aliphatic carbocycles. The lowest BCUT2D eigenvalue weighted by Gasteiger charge is -2.30. The molecule has 1 aromatic rings. The number of hydrogen-bond donors (Lipinski definition) is 1. The van der Waals surface area contributed by atoms with Gasteiger partial charge in [-0.25, -0.2) is 0 Å². The number of aryl methyl sites for hydroxylation is 1. The molecule has 3 nitrogen and oxygen atoms in total. The van der Waals surface area contributed by atoms with Gasteiger partial charge >= 0.3 is 0 Å². The van der Waals surface area contributed by atoms with Gasteiger partial charge in [-0.1, -0.05) is 31.2 Å². The van der Waals surface area contributed by atoms with E-state index in [4.69, 9.17) is 0 Å². The molecule has 2 heterocycles. The predicted octanol–water partition coefficient (Wildman–Crippen LogP) is 4.15. The van der Waals surface area contributed by atoms with Crippen LogP contribution < -0.4 is 5.32 Å². The van der Waals surface area contributed by atoms with Crippen LogP contribution in [0.3, 0.4) is 0 Å². The summed E-state index contributed by atoms with van der Waals surface area (Å²) >= 11 is 0. The number of nitrogens with zero attached hydrogens (tertiary/aromatic N) is 1. The van der Waals surface area contributed by atoms with Gasteiger partial charge in [0.1, 0.15) is 0 Å². The van der Waals surface area contributed by atoms with Gasteiger partial charge in [0.25, 0.3) is 0 Å². The average Bonchev–Trinajstić information content (AvgIpc) is 2.97. The lowest BCUT2D eigenvalue weighted by Crippen LogP contribution is -2.38. The molecule has 25 heavy (non-hydrogen) atoms. The number of carbonyl (C=O) groups excluding carboxylic acids is 1. The van der Waals surface area contributed by atoms with Crippen molar-refractivity contribution in [3.8, 4) is 0 Å². The first-order chi connectivity index (χ1) is 11.6. The summed E-state index contributed by atoms with van der Waals surface area (Å²) < 4.78 is 0. The normalized spacial score (nSPS) is 27.6. The Hall–Kier alpha value is -1.06. The Balaban J connectivity index is 0.00000225. The lowest BCUT2D eigenvalue weighted by molar-refractivity contribution is -0.133. The molecule has 2 aliphatic rings. The molecule has 2 saturated heterocycles. The van der Waals surface area contributed by atoms with Crippen LogP contribution in [0.15, 0.2) is 24.3 Å². The minimum Gasteiger partial charge on any atom is -0.339 e. The Kier molecular flexibility index (Phi) is 7.33. The van der Waals surface area contributed by atoms with E-state index in [1.165, 1.54) is 24.0 Å². The van der Waals surface area contributed by atoms with Gasteiger partial charge in [0.15, 0.2) is 0 Å². The van der Waals surface area contributed by atoms with Gasteiger partial charge in [-0.05, 0) is 69.2 Å². The minimum atomic E-state index is 0. The summed E-state index contributed by atoms with van der Waals surface area (Å²) in [5.41, 5.74) is 2.77. The van der Waals surface area contributed by atoms with Gasteiger partial charge < -0.3 is 10.2 Å².